The molecule has 0 saturated carbocycles. The number of nitrogens with one attached hydrogen (secondary N) is 2. The molecule has 25 heavy (non-hydrogen) atoms. The van der Waals surface area contributed by atoms with Crippen LogP contribution < -0.4 is 10.6 Å². The van der Waals surface area contributed by atoms with Gasteiger partial charge in [0.05, 0.1) is 10.6 Å². The third-order valence-corrected chi connectivity index (χ3v) is 5.77. The summed E-state index contributed by atoms with van der Waals surface area (Å²) in [5, 5.41) is 5.70. The molecular formula is C19H25N3O2S. The second-order valence-corrected chi connectivity index (χ2v) is 7.81. The van der Waals surface area contributed by atoms with E-state index in [0.29, 0.717) is 11.4 Å². The van der Waals surface area contributed by atoms with Crippen molar-refractivity contribution in [3.05, 3.63) is 35.2 Å². The van der Waals surface area contributed by atoms with Crippen LogP contribution in [-0.2, 0) is 9.59 Å². The average molecular weight is 359 g/mol. The number of nitrogens with zero attached hydrogens (tertiary/aromatic N) is 1. The molecule has 0 spiro atoms. The second kappa shape index (κ2) is 8.54. The van der Waals surface area contributed by atoms with Crippen LogP contribution in [0.4, 0.5) is 5.69 Å². The lowest BCUT2D eigenvalue weighted by Crippen LogP contribution is -2.35. The Labute approximate surface area is 153 Å². The molecule has 0 bridgehead atoms. The fraction of sp³-hybridized carbons (Fsp3) is 0.474. The van der Waals surface area contributed by atoms with Gasteiger partial charge < -0.3 is 15.5 Å². The first kappa shape index (κ1) is 18.0. The van der Waals surface area contributed by atoms with Crippen molar-refractivity contribution in [1.29, 1.82) is 0 Å². The summed E-state index contributed by atoms with van der Waals surface area (Å²) in [4.78, 5) is 28.0. The second-order valence-electron chi connectivity index (χ2n) is 6.73. The number of carbonyl (C=O) groups is 2. The van der Waals surface area contributed by atoms with E-state index in [1.54, 1.807) is 0 Å². The topological polar surface area (TPSA) is 61.4 Å². The molecular weight excluding hydrogens is 334 g/mol. The van der Waals surface area contributed by atoms with Gasteiger partial charge in [-0.25, -0.2) is 0 Å². The van der Waals surface area contributed by atoms with E-state index in [1.807, 2.05) is 24.3 Å². The summed E-state index contributed by atoms with van der Waals surface area (Å²) in [5.41, 5.74) is 0.797. The van der Waals surface area contributed by atoms with Gasteiger partial charge in [-0.1, -0.05) is 30.8 Å². The Morgan fingerprint density at radius 3 is 2.92 bits per heavy atom. The Morgan fingerprint density at radius 2 is 2.12 bits per heavy atom. The van der Waals surface area contributed by atoms with Crippen molar-refractivity contribution in [1.82, 2.24) is 10.2 Å². The van der Waals surface area contributed by atoms with Crippen LogP contribution in [0.3, 0.4) is 0 Å². The smallest absolute Gasteiger partial charge is 0.262 e. The molecule has 0 radical (unpaired) electrons. The number of likely N-dealkylation sites (tertiary alicyclic amines) is 1. The molecule has 2 heterocycles. The standard InChI is InChI=1S/C19H25N3O2S/c1-14-7-11-22(12-8-14)10-4-9-20-18(23)13-17-19(24)21-15-5-2-3-6-16(15)25-17/h2-3,5-6,13-14H,4,7-12H2,1H3,(H,20,23)(H,21,24)/b17-13-. The molecule has 0 unspecified atom stereocenters. The van der Waals surface area contributed by atoms with E-state index in [4.69, 9.17) is 0 Å². The van der Waals surface area contributed by atoms with Crippen LogP contribution in [0.5, 0.6) is 0 Å². The van der Waals surface area contributed by atoms with Crippen molar-refractivity contribution in [2.45, 2.75) is 31.1 Å². The number of piperidine rings is 1. The summed E-state index contributed by atoms with van der Waals surface area (Å²) < 4.78 is 0. The molecule has 134 valence electrons. The van der Waals surface area contributed by atoms with E-state index in [2.05, 4.69) is 22.5 Å². The lowest BCUT2D eigenvalue weighted by atomic mass is 9.99. The number of fused-ring (bicyclic) bond motifs is 1. The number of carbonyl (C=O) groups excluding carboxylic acids is 2. The molecule has 2 aliphatic heterocycles. The number of hydrogen-bond acceptors (Lipinski definition) is 4. The average Bonchev–Trinajstić information content (AvgIpc) is 2.61. The summed E-state index contributed by atoms with van der Waals surface area (Å²) in [7, 11) is 0. The van der Waals surface area contributed by atoms with Gasteiger partial charge in [0.15, 0.2) is 0 Å². The molecule has 0 aromatic heterocycles. The Kier molecular flexibility index (Phi) is 6.15. The maximum Gasteiger partial charge on any atom is 0.262 e. The van der Waals surface area contributed by atoms with Crippen molar-refractivity contribution >= 4 is 29.3 Å². The molecule has 2 aliphatic rings. The Balaban J connectivity index is 1.43. The maximum absolute atomic E-state index is 12.1. The number of anilines is 1. The van der Waals surface area contributed by atoms with E-state index in [1.165, 1.54) is 30.7 Å². The van der Waals surface area contributed by atoms with Crippen molar-refractivity contribution in [2.75, 3.05) is 31.5 Å². The van der Waals surface area contributed by atoms with E-state index in [9.17, 15) is 9.59 Å². The Hall–Kier alpha value is -1.79. The minimum absolute atomic E-state index is 0.204. The highest BCUT2D eigenvalue weighted by atomic mass is 32.2. The first-order chi connectivity index (χ1) is 12.1. The molecule has 2 N–H and O–H groups in total. The van der Waals surface area contributed by atoms with Crippen molar-refractivity contribution in [2.24, 2.45) is 5.92 Å². The minimum Gasteiger partial charge on any atom is -0.352 e. The normalized spacial score (nSPS) is 20.2. The van der Waals surface area contributed by atoms with E-state index >= 15 is 0 Å². The highest BCUT2D eigenvalue weighted by Crippen LogP contribution is 2.37. The Bertz CT molecular complexity index is 666. The van der Waals surface area contributed by atoms with Gasteiger partial charge in [-0.05, 0) is 56.9 Å². The highest BCUT2D eigenvalue weighted by molar-refractivity contribution is 8.04. The van der Waals surface area contributed by atoms with Crippen LogP contribution in [0.1, 0.15) is 26.2 Å². The number of rotatable bonds is 5. The number of thioether (sulfide) groups is 1. The summed E-state index contributed by atoms with van der Waals surface area (Å²) in [6.45, 7) is 6.29. The molecule has 1 aromatic carbocycles. The van der Waals surface area contributed by atoms with E-state index in [0.717, 1.165) is 42.6 Å². The predicted octanol–water partition coefficient (Wildman–Crippen LogP) is 2.85. The van der Waals surface area contributed by atoms with Gasteiger partial charge in [-0.15, -0.1) is 0 Å². The van der Waals surface area contributed by atoms with Crippen LogP contribution in [0.2, 0.25) is 0 Å². The monoisotopic (exact) mass is 359 g/mol. The number of para-hydroxylation sites is 1. The van der Waals surface area contributed by atoms with Crippen molar-refractivity contribution < 1.29 is 9.59 Å². The lowest BCUT2D eigenvalue weighted by molar-refractivity contribution is -0.117. The summed E-state index contributed by atoms with van der Waals surface area (Å²) >= 11 is 1.34. The number of benzene rings is 1. The highest BCUT2D eigenvalue weighted by Gasteiger charge is 2.21. The van der Waals surface area contributed by atoms with Gasteiger partial charge in [0.25, 0.3) is 5.91 Å². The molecule has 5 nitrogen and oxygen atoms in total. The third-order valence-electron chi connectivity index (χ3n) is 4.67. The fourth-order valence-electron chi connectivity index (χ4n) is 3.07. The van der Waals surface area contributed by atoms with Crippen LogP contribution >= 0.6 is 11.8 Å². The zero-order valence-electron chi connectivity index (χ0n) is 14.6. The van der Waals surface area contributed by atoms with Gasteiger partial charge in [-0.3, -0.25) is 9.59 Å². The largest absolute Gasteiger partial charge is 0.352 e. The molecule has 1 fully saturated rings. The fourth-order valence-corrected chi connectivity index (χ4v) is 3.99. The molecule has 1 aromatic rings. The van der Waals surface area contributed by atoms with Gasteiger partial charge in [-0.2, -0.15) is 0 Å². The SMILES string of the molecule is CC1CCN(CCCNC(=O)/C=C2\Sc3ccccc3NC2=O)CC1. The zero-order valence-corrected chi connectivity index (χ0v) is 15.4. The molecule has 1 saturated heterocycles. The quantitative estimate of drug-likeness (QED) is 0.627. The van der Waals surface area contributed by atoms with E-state index in [-0.39, 0.29) is 11.8 Å². The first-order valence-electron chi connectivity index (χ1n) is 8.92. The van der Waals surface area contributed by atoms with E-state index < -0.39 is 0 Å². The van der Waals surface area contributed by atoms with Gasteiger partial charge in [0.2, 0.25) is 5.91 Å². The van der Waals surface area contributed by atoms with Gasteiger partial charge >= 0.3 is 0 Å². The molecule has 0 atom stereocenters. The maximum atomic E-state index is 12.1. The molecule has 2 amide bonds. The Morgan fingerprint density at radius 1 is 1.36 bits per heavy atom. The number of amides is 2. The van der Waals surface area contributed by atoms with Crippen LogP contribution in [-0.4, -0.2) is 42.9 Å². The van der Waals surface area contributed by atoms with Crippen LogP contribution in [0.25, 0.3) is 0 Å². The zero-order chi connectivity index (χ0) is 17.6. The summed E-state index contributed by atoms with van der Waals surface area (Å²) in [6, 6.07) is 7.59. The third kappa shape index (κ3) is 5.09. The molecule has 3 rings (SSSR count). The van der Waals surface area contributed by atoms with Crippen molar-refractivity contribution in [3.8, 4) is 0 Å². The van der Waals surface area contributed by atoms with Gasteiger partial charge in [0, 0.05) is 17.5 Å². The lowest BCUT2D eigenvalue weighted by Gasteiger charge is -2.30. The summed E-state index contributed by atoms with van der Waals surface area (Å²) in [5.74, 6) is 0.414. The van der Waals surface area contributed by atoms with Crippen molar-refractivity contribution in [3.63, 3.8) is 0 Å². The molecule has 0 aliphatic carbocycles. The first-order valence-corrected chi connectivity index (χ1v) is 9.73. The van der Waals surface area contributed by atoms with Crippen LogP contribution in [0, 0.1) is 5.92 Å². The summed E-state index contributed by atoms with van der Waals surface area (Å²) in [6.07, 6.45) is 4.88. The molecule has 6 heteroatoms. The minimum atomic E-state index is -0.221. The van der Waals surface area contributed by atoms with Crippen LogP contribution in [0.15, 0.2) is 40.1 Å². The number of hydrogen-bond donors (Lipinski definition) is 2. The van der Waals surface area contributed by atoms with Gasteiger partial charge in [0.1, 0.15) is 0 Å². The predicted molar refractivity (Wildman–Crippen MR) is 101 cm³/mol.